The lowest BCUT2D eigenvalue weighted by molar-refractivity contribution is -0.125. The minimum absolute atomic E-state index is 0.0609. The molecule has 6 heteroatoms. The van der Waals surface area contributed by atoms with Crippen LogP contribution in [0.4, 0.5) is 0 Å². The molecule has 0 spiro atoms. The Morgan fingerprint density at radius 3 is 2.60 bits per heavy atom. The fraction of sp³-hybridized carbons (Fsp3) is 0.417. The Morgan fingerprint density at radius 1 is 1.13 bits per heavy atom. The number of thioether (sulfide) groups is 1. The van der Waals surface area contributed by atoms with Crippen molar-refractivity contribution in [3.8, 4) is 0 Å². The Hall–Kier alpha value is -2.31. The van der Waals surface area contributed by atoms with Crippen LogP contribution in [-0.4, -0.2) is 47.8 Å². The van der Waals surface area contributed by atoms with Crippen molar-refractivity contribution in [3.05, 3.63) is 71.3 Å². The van der Waals surface area contributed by atoms with Crippen LogP contribution in [0.5, 0.6) is 0 Å². The second kappa shape index (κ2) is 11.2. The van der Waals surface area contributed by atoms with Crippen LogP contribution in [0.15, 0.2) is 54.6 Å². The van der Waals surface area contributed by atoms with Gasteiger partial charge >= 0.3 is 0 Å². The zero-order valence-corrected chi connectivity index (χ0v) is 18.5. The van der Waals surface area contributed by atoms with Crippen LogP contribution in [0.3, 0.4) is 0 Å². The third kappa shape index (κ3) is 6.09. The first kappa shape index (κ1) is 22.4. The van der Waals surface area contributed by atoms with E-state index in [4.69, 9.17) is 4.74 Å². The third-order valence-corrected chi connectivity index (χ3v) is 6.08. The highest BCUT2D eigenvalue weighted by Gasteiger charge is 2.35. The molecule has 3 rings (SSSR count). The number of hydrogen-bond donors (Lipinski definition) is 1. The lowest BCUT2D eigenvalue weighted by Crippen LogP contribution is -2.49. The number of nitrogens with one attached hydrogen (secondary N) is 1. The van der Waals surface area contributed by atoms with Gasteiger partial charge in [-0.05, 0) is 37.5 Å². The Kier molecular flexibility index (Phi) is 8.34. The average Bonchev–Trinajstić information content (AvgIpc) is 3.08. The summed E-state index contributed by atoms with van der Waals surface area (Å²) in [5.41, 5.74) is 2.90. The molecule has 0 aromatic heterocycles. The normalized spacial score (nSPS) is 14.1. The summed E-state index contributed by atoms with van der Waals surface area (Å²) in [7, 11) is 0. The van der Waals surface area contributed by atoms with E-state index in [-0.39, 0.29) is 17.9 Å². The number of fused-ring (bicyclic) bond motifs is 1. The highest BCUT2D eigenvalue weighted by atomic mass is 32.2. The van der Waals surface area contributed by atoms with Gasteiger partial charge < -0.3 is 15.0 Å². The van der Waals surface area contributed by atoms with Gasteiger partial charge in [0.25, 0.3) is 5.91 Å². The quantitative estimate of drug-likeness (QED) is 0.554. The van der Waals surface area contributed by atoms with E-state index >= 15 is 0 Å². The van der Waals surface area contributed by atoms with Gasteiger partial charge in [-0.15, -0.1) is 0 Å². The largest absolute Gasteiger partial charge is 0.379 e. The number of benzene rings is 2. The number of carbonyl (C=O) groups is 2. The zero-order valence-electron chi connectivity index (χ0n) is 17.7. The van der Waals surface area contributed by atoms with E-state index < -0.39 is 6.04 Å². The molecule has 1 heterocycles. The van der Waals surface area contributed by atoms with Crippen molar-refractivity contribution in [1.29, 1.82) is 0 Å². The predicted octanol–water partition coefficient (Wildman–Crippen LogP) is 3.88. The number of nitrogens with zero attached hydrogens (tertiary/aromatic N) is 1. The van der Waals surface area contributed by atoms with Crippen LogP contribution in [0.25, 0.3) is 0 Å². The first-order valence-corrected chi connectivity index (χ1v) is 11.6. The molecular weight excluding hydrogens is 396 g/mol. The maximum atomic E-state index is 13.0. The van der Waals surface area contributed by atoms with Crippen molar-refractivity contribution in [3.63, 3.8) is 0 Å². The van der Waals surface area contributed by atoms with Gasteiger partial charge in [0.15, 0.2) is 0 Å². The van der Waals surface area contributed by atoms with Crippen molar-refractivity contribution < 1.29 is 14.3 Å². The van der Waals surface area contributed by atoms with E-state index in [9.17, 15) is 9.59 Å². The van der Waals surface area contributed by atoms with Gasteiger partial charge in [-0.2, -0.15) is 11.8 Å². The van der Waals surface area contributed by atoms with Gasteiger partial charge in [0, 0.05) is 36.8 Å². The molecule has 160 valence electrons. The van der Waals surface area contributed by atoms with E-state index in [1.54, 1.807) is 16.7 Å². The van der Waals surface area contributed by atoms with Crippen LogP contribution in [0, 0.1) is 0 Å². The SMILES string of the molecule is CC(C)OCCCNC(=O)[C@H](CSCc1ccccc1)N1Cc2ccccc2C1=O. The predicted molar refractivity (Wildman–Crippen MR) is 121 cm³/mol. The Morgan fingerprint density at radius 2 is 1.87 bits per heavy atom. The van der Waals surface area contributed by atoms with Gasteiger partial charge in [0.2, 0.25) is 5.91 Å². The first-order valence-electron chi connectivity index (χ1n) is 10.5. The minimum Gasteiger partial charge on any atom is -0.379 e. The molecule has 0 unspecified atom stereocenters. The highest BCUT2D eigenvalue weighted by molar-refractivity contribution is 7.98. The standard InChI is InChI=1S/C24H30N2O3S/c1-18(2)29-14-8-13-25-23(27)22(17-30-16-19-9-4-3-5-10-19)26-15-20-11-6-7-12-21(20)24(26)28/h3-7,9-12,18,22H,8,13-17H2,1-2H3,(H,25,27)/t22-/m0/s1. The van der Waals surface area contributed by atoms with Crippen molar-refractivity contribution in [2.24, 2.45) is 0 Å². The lowest BCUT2D eigenvalue weighted by Gasteiger charge is -2.27. The summed E-state index contributed by atoms with van der Waals surface area (Å²) in [4.78, 5) is 27.7. The molecule has 0 saturated carbocycles. The second-order valence-corrected chi connectivity index (χ2v) is 8.70. The summed E-state index contributed by atoms with van der Waals surface area (Å²) in [5, 5.41) is 3.00. The number of hydrogen-bond acceptors (Lipinski definition) is 4. The summed E-state index contributed by atoms with van der Waals surface area (Å²) in [6, 6.07) is 17.3. The molecule has 1 aliphatic heterocycles. The van der Waals surface area contributed by atoms with Crippen molar-refractivity contribution >= 4 is 23.6 Å². The average molecular weight is 427 g/mol. The van der Waals surface area contributed by atoms with E-state index in [2.05, 4.69) is 17.4 Å². The van der Waals surface area contributed by atoms with E-state index in [0.717, 1.165) is 17.7 Å². The Balaban J connectivity index is 1.61. The van der Waals surface area contributed by atoms with E-state index in [0.29, 0.717) is 31.0 Å². The molecule has 1 atom stereocenters. The lowest BCUT2D eigenvalue weighted by atomic mass is 10.1. The van der Waals surface area contributed by atoms with E-state index in [1.165, 1.54) is 5.56 Å². The van der Waals surface area contributed by atoms with Gasteiger partial charge in [0.05, 0.1) is 6.10 Å². The monoisotopic (exact) mass is 426 g/mol. The number of rotatable bonds is 11. The van der Waals surface area contributed by atoms with Gasteiger partial charge in [-0.25, -0.2) is 0 Å². The molecular formula is C24H30N2O3S. The molecule has 30 heavy (non-hydrogen) atoms. The molecule has 0 bridgehead atoms. The van der Waals surface area contributed by atoms with E-state index in [1.807, 2.05) is 56.3 Å². The fourth-order valence-corrected chi connectivity index (χ4v) is 4.52. The van der Waals surface area contributed by atoms with Crippen molar-refractivity contribution in [2.45, 2.75) is 44.7 Å². The molecule has 0 fully saturated rings. The molecule has 1 N–H and O–H groups in total. The molecule has 2 aromatic rings. The minimum atomic E-state index is -0.496. The van der Waals surface area contributed by atoms with Crippen LogP contribution in [0.1, 0.15) is 41.8 Å². The van der Waals surface area contributed by atoms with Crippen molar-refractivity contribution in [1.82, 2.24) is 10.2 Å². The molecule has 1 aliphatic rings. The van der Waals surface area contributed by atoms with Crippen LogP contribution < -0.4 is 5.32 Å². The number of amides is 2. The maximum Gasteiger partial charge on any atom is 0.255 e. The summed E-state index contributed by atoms with van der Waals surface area (Å²) in [6.45, 7) is 5.62. The maximum absolute atomic E-state index is 13.0. The Bertz CT molecular complexity index is 841. The smallest absolute Gasteiger partial charge is 0.255 e. The molecule has 0 aliphatic carbocycles. The number of ether oxygens (including phenoxy) is 1. The topological polar surface area (TPSA) is 58.6 Å². The van der Waals surface area contributed by atoms with Crippen molar-refractivity contribution in [2.75, 3.05) is 18.9 Å². The molecule has 5 nitrogen and oxygen atoms in total. The first-order chi connectivity index (χ1) is 14.6. The summed E-state index contributed by atoms with van der Waals surface area (Å²) >= 11 is 1.68. The molecule has 2 amide bonds. The fourth-order valence-electron chi connectivity index (χ4n) is 3.42. The van der Waals surface area contributed by atoms with Crippen LogP contribution in [-0.2, 0) is 21.8 Å². The van der Waals surface area contributed by atoms with Crippen LogP contribution in [0.2, 0.25) is 0 Å². The Labute approximate surface area is 183 Å². The van der Waals surface area contributed by atoms with Crippen LogP contribution >= 0.6 is 11.8 Å². The zero-order chi connectivity index (χ0) is 21.3. The van der Waals surface area contributed by atoms with Gasteiger partial charge in [0.1, 0.15) is 6.04 Å². The molecule has 2 aromatic carbocycles. The summed E-state index contributed by atoms with van der Waals surface area (Å²) in [6.07, 6.45) is 0.936. The summed E-state index contributed by atoms with van der Waals surface area (Å²) in [5.74, 6) is 1.21. The van der Waals surface area contributed by atoms with Gasteiger partial charge in [-0.3, -0.25) is 9.59 Å². The second-order valence-electron chi connectivity index (χ2n) is 7.67. The third-order valence-electron chi connectivity index (χ3n) is 4.99. The van der Waals surface area contributed by atoms with Gasteiger partial charge in [-0.1, -0.05) is 48.5 Å². The highest BCUT2D eigenvalue weighted by Crippen LogP contribution is 2.26. The summed E-state index contributed by atoms with van der Waals surface area (Å²) < 4.78 is 5.54. The molecule has 0 saturated heterocycles. The number of carbonyl (C=O) groups excluding carboxylic acids is 2. The molecule has 0 radical (unpaired) electrons.